The van der Waals surface area contributed by atoms with Gasteiger partial charge in [-0.15, -0.1) is 0 Å². The van der Waals surface area contributed by atoms with Crippen LogP contribution in [0.1, 0.15) is 5.56 Å². The summed E-state index contributed by atoms with van der Waals surface area (Å²) in [5.74, 6) is -1.08. The van der Waals surface area contributed by atoms with Crippen molar-refractivity contribution in [1.82, 2.24) is 0 Å². The lowest BCUT2D eigenvalue weighted by atomic mass is 10.1. The number of carbonyl (C=O) groups is 1. The van der Waals surface area contributed by atoms with Gasteiger partial charge in [0, 0.05) is 21.3 Å². The monoisotopic (exact) mass is 487 g/mol. The zero-order chi connectivity index (χ0) is 21.3. The summed E-state index contributed by atoms with van der Waals surface area (Å²) in [6.07, 6.45) is 0. The Morgan fingerprint density at radius 2 is 1.83 bits per heavy atom. The molecule has 0 saturated heterocycles. The van der Waals surface area contributed by atoms with E-state index in [2.05, 4.69) is 21.2 Å². The average molecular weight is 488 g/mol. The third-order valence-corrected chi connectivity index (χ3v) is 6.57. The molecule has 1 aromatic heterocycles. The Morgan fingerprint density at radius 1 is 1.03 bits per heavy atom. The van der Waals surface area contributed by atoms with Crippen molar-refractivity contribution in [3.63, 3.8) is 0 Å². The number of methoxy groups -OCH3 is 1. The molecule has 1 N–H and O–H groups in total. The lowest BCUT2D eigenvalue weighted by Gasteiger charge is -2.11. The Bertz CT molecular complexity index is 1360. The van der Waals surface area contributed by atoms with E-state index in [9.17, 15) is 13.2 Å². The number of ether oxygens (including phenoxy) is 1. The Labute approximate surface area is 181 Å². The van der Waals surface area contributed by atoms with Crippen molar-refractivity contribution in [3.05, 3.63) is 70.7 Å². The number of halogens is 1. The van der Waals surface area contributed by atoms with Gasteiger partial charge in [0.25, 0.3) is 0 Å². The molecule has 0 atom stereocenters. The molecule has 0 spiro atoms. The van der Waals surface area contributed by atoms with Gasteiger partial charge in [-0.2, -0.15) is 0 Å². The highest BCUT2D eigenvalue weighted by Gasteiger charge is 2.20. The summed E-state index contributed by atoms with van der Waals surface area (Å²) in [5.41, 5.74) is 2.25. The maximum atomic E-state index is 12.5. The van der Waals surface area contributed by atoms with E-state index in [4.69, 9.17) is 9.15 Å². The van der Waals surface area contributed by atoms with E-state index in [-0.39, 0.29) is 5.75 Å². The van der Waals surface area contributed by atoms with Gasteiger partial charge in [-0.1, -0.05) is 46.3 Å². The first kappa shape index (κ1) is 20.4. The number of anilines is 1. The van der Waals surface area contributed by atoms with Crippen molar-refractivity contribution in [2.45, 2.75) is 5.75 Å². The van der Waals surface area contributed by atoms with E-state index >= 15 is 0 Å². The molecule has 8 heteroatoms. The zero-order valence-corrected chi connectivity index (χ0v) is 18.4. The molecule has 0 aliphatic carbocycles. The number of hydrogen-bond donors (Lipinski definition) is 1. The number of hydrogen-bond acceptors (Lipinski definition) is 5. The molecule has 0 unspecified atom stereocenters. The summed E-state index contributed by atoms with van der Waals surface area (Å²) in [5, 5.41) is 4.42. The minimum Gasteiger partial charge on any atom is -0.495 e. The van der Waals surface area contributed by atoms with Crippen LogP contribution in [-0.4, -0.2) is 27.2 Å². The van der Waals surface area contributed by atoms with Gasteiger partial charge in [0.05, 0.1) is 18.6 Å². The molecule has 0 aliphatic rings. The van der Waals surface area contributed by atoms with Crippen LogP contribution in [0, 0.1) is 0 Å². The third kappa shape index (κ3) is 4.34. The number of para-hydroxylation sites is 1. The predicted molar refractivity (Wildman–Crippen MR) is 121 cm³/mol. The molecule has 0 saturated carbocycles. The van der Waals surface area contributed by atoms with E-state index in [0.717, 1.165) is 20.8 Å². The molecule has 4 aromatic rings. The average Bonchev–Trinajstić information content (AvgIpc) is 3.03. The van der Waals surface area contributed by atoms with Gasteiger partial charge < -0.3 is 14.5 Å². The molecule has 4 rings (SSSR count). The molecule has 154 valence electrons. The third-order valence-electron chi connectivity index (χ3n) is 4.60. The summed E-state index contributed by atoms with van der Waals surface area (Å²) >= 11 is 3.32. The molecule has 1 amide bonds. The maximum Gasteiger partial charge on any atom is 0.239 e. The van der Waals surface area contributed by atoms with E-state index < -0.39 is 21.5 Å². The van der Waals surface area contributed by atoms with E-state index in [0.29, 0.717) is 22.6 Å². The van der Waals surface area contributed by atoms with Gasteiger partial charge in [-0.25, -0.2) is 8.42 Å². The zero-order valence-electron chi connectivity index (χ0n) is 16.0. The Kier molecular flexibility index (Phi) is 5.53. The van der Waals surface area contributed by atoms with Gasteiger partial charge in [-0.05, 0) is 29.8 Å². The molecular weight excluding hydrogens is 470 g/mol. The second kappa shape index (κ2) is 8.12. The van der Waals surface area contributed by atoms with Crippen molar-refractivity contribution >= 4 is 59.3 Å². The lowest BCUT2D eigenvalue weighted by Crippen LogP contribution is -2.24. The van der Waals surface area contributed by atoms with Crippen LogP contribution in [0.25, 0.3) is 21.9 Å². The fraction of sp³-hybridized carbons (Fsp3) is 0.136. The quantitative estimate of drug-likeness (QED) is 0.417. The number of rotatable bonds is 6. The summed E-state index contributed by atoms with van der Waals surface area (Å²) in [6, 6.07) is 18.0. The lowest BCUT2D eigenvalue weighted by molar-refractivity contribution is -0.113. The van der Waals surface area contributed by atoms with Crippen LogP contribution >= 0.6 is 15.9 Å². The normalized spacial score (nSPS) is 11.7. The second-order valence-corrected chi connectivity index (χ2v) is 9.84. The molecule has 1 heterocycles. The van der Waals surface area contributed by atoms with Crippen molar-refractivity contribution < 1.29 is 22.4 Å². The van der Waals surface area contributed by atoms with Crippen LogP contribution in [0.5, 0.6) is 5.75 Å². The van der Waals surface area contributed by atoms with Crippen LogP contribution in [0.15, 0.2) is 69.6 Å². The van der Waals surface area contributed by atoms with Gasteiger partial charge >= 0.3 is 0 Å². The maximum absolute atomic E-state index is 12.5. The molecule has 0 radical (unpaired) electrons. The van der Waals surface area contributed by atoms with Crippen molar-refractivity contribution in [2.75, 3.05) is 18.2 Å². The number of furan rings is 1. The summed E-state index contributed by atoms with van der Waals surface area (Å²) in [7, 11) is -2.16. The molecule has 0 bridgehead atoms. The number of sulfone groups is 1. The Morgan fingerprint density at radius 3 is 2.60 bits per heavy atom. The van der Waals surface area contributed by atoms with Crippen molar-refractivity contribution in [3.8, 4) is 5.75 Å². The first-order valence-electron chi connectivity index (χ1n) is 9.08. The molecule has 30 heavy (non-hydrogen) atoms. The summed E-state index contributed by atoms with van der Waals surface area (Å²) in [6.45, 7) is 0. The van der Waals surface area contributed by atoms with E-state index in [1.807, 2.05) is 30.3 Å². The van der Waals surface area contributed by atoms with Crippen LogP contribution in [0.2, 0.25) is 0 Å². The SMILES string of the molecule is COc1cc2c(cc1NC(=O)CS(=O)(=O)Cc1cccc(Br)c1)oc1ccccc12. The van der Waals surface area contributed by atoms with Crippen LogP contribution in [0.3, 0.4) is 0 Å². The number of fused-ring (bicyclic) bond motifs is 3. The largest absolute Gasteiger partial charge is 0.495 e. The Hall–Kier alpha value is -2.84. The highest BCUT2D eigenvalue weighted by molar-refractivity contribution is 9.10. The number of amides is 1. The smallest absolute Gasteiger partial charge is 0.239 e. The first-order valence-corrected chi connectivity index (χ1v) is 11.7. The van der Waals surface area contributed by atoms with Gasteiger partial charge in [0.2, 0.25) is 5.91 Å². The highest BCUT2D eigenvalue weighted by atomic mass is 79.9. The first-order chi connectivity index (χ1) is 14.3. The Balaban J connectivity index is 1.57. The summed E-state index contributed by atoms with van der Waals surface area (Å²) < 4.78 is 37.0. The van der Waals surface area contributed by atoms with Crippen molar-refractivity contribution in [2.24, 2.45) is 0 Å². The van der Waals surface area contributed by atoms with E-state index in [1.165, 1.54) is 7.11 Å². The van der Waals surface area contributed by atoms with Gasteiger partial charge in [-0.3, -0.25) is 4.79 Å². The fourth-order valence-electron chi connectivity index (χ4n) is 3.34. The number of carbonyl (C=O) groups excluding carboxylic acids is 1. The number of benzene rings is 3. The predicted octanol–water partition coefficient (Wildman–Crippen LogP) is 4.91. The topological polar surface area (TPSA) is 85.6 Å². The second-order valence-electron chi connectivity index (χ2n) is 6.86. The molecule has 0 fully saturated rings. The molecule has 6 nitrogen and oxygen atoms in total. The molecule has 0 aliphatic heterocycles. The van der Waals surface area contributed by atoms with Crippen LogP contribution < -0.4 is 10.1 Å². The van der Waals surface area contributed by atoms with Crippen molar-refractivity contribution in [1.29, 1.82) is 0 Å². The molecular formula is C22H18BrNO5S. The minimum absolute atomic E-state index is 0.223. The number of nitrogens with one attached hydrogen (secondary N) is 1. The standard InChI is InChI=1S/C22H18BrNO5S/c1-28-21-10-17-16-7-2-3-8-19(16)29-20(17)11-18(21)24-22(25)13-30(26,27)12-14-5-4-6-15(23)9-14/h2-11H,12-13H2,1H3,(H,24,25). The van der Waals surface area contributed by atoms with Gasteiger partial charge in [0.1, 0.15) is 22.7 Å². The highest BCUT2D eigenvalue weighted by Crippen LogP contribution is 2.36. The van der Waals surface area contributed by atoms with Crippen LogP contribution in [0.4, 0.5) is 5.69 Å². The minimum atomic E-state index is -3.65. The van der Waals surface area contributed by atoms with Gasteiger partial charge in [0.15, 0.2) is 9.84 Å². The molecule has 3 aromatic carbocycles. The fourth-order valence-corrected chi connectivity index (χ4v) is 5.04. The van der Waals surface area contributed by atoms with Crippen LogP contribution in [-0.2, 0) is 20.4 Å². The van der Waals surface area contributed by atoms with E-state index in [1.54, 1.807) is 30.3 Å². The summed E-state index contributed by atoms with van der Waals surface area (Å²) in [4.78, 5) is 12.5.